The summed E-state index contributed by atoms with van der Waals surface area (Å²) in [5, 5.41) is 0. The normalized spacial score (nSPS) is 23.0. The molecule has 2 heterocycles. The number of hydrogen-bond acceptors (Lipinski definition) is 5. The molecule has 0 radical (unpaired) electrons. The third-order valence-corrected chi connectivity index (χ3v) is 7.76. The Morgan fingerprint density at radius 1 is 1.33 bits per heavy atom. The van der Waals surface area contributed by atoms with E-state index < -0.39 is 19.9 Å². The van der Waals surface area contributed by atoms with Crippen LogP contribution in [-0.2, 0) is 19.9 Å². The Morgan fingerprint density at radius 2 is 2.00 bits per heavy atom. The van der Waals surface area contributed by atoms with Crippen LogP contribution in [-0.4, -0.2) is 29.1 Å². The number of sulfone groups is 1. The van der Waals surface area contributed by atoms with E-state index in [0.717, 1.165) is 11.3 Å². The second-order valence-corrected chi connectivity index (χ2v) is 9.91. The fourth-order valence-corrected chi connectivity index (χ4v) is 7.64. The number of hydrogen-bond donors (Lipinski definition) is 1. The molecule has 0 saturated heterocycles. The lowest BCUT2D eigenvalue weighted by atomic mass is 10.7. The summed E-state index contributed by atoms with van der Waals surface area (Å²) in [6, 6.07) is 1.40. The highest BCUT2D eigenvalue weighted by molar-refractivity contribution is 14.1. The lowest BCUT2D eigenvalue weighted by Crippen LogP contribution is -2.24. The molecule has 0 atom stereocenters. The summed E-state index contributed by atoms with van der Waals surface area (Å²) in [7, 11) is -7.11. The van der Waals surface area contributed by atoms with Crippen molar-refractivity contribution in [2.45, 2.75) is 9.10 Å². The average Bonchev–Trinajstić information content (AvgIpc) is 2.44. The van der Waals surface area contributed by atoms with E-state index in [1.807, 2.05) is 22.6 Å². The van der Waals surface area contributed by atoms with Crippen LogP contribution in [0.25, 0.3) is 0 Å². The first kappa shape index (κ1) is 11.8. The Bertz CT molecular complexity index is 549. The van der Waals surface area contributed by atoms with E-state index >= 15 is 0 Å². The molecule has 2 rings (SSSR count). The molecule has 15 heavy (non-hydrogen) atoms. The van der Waals surface area contributed by atoms with E-state index in [0.29, 0.717) is 2.88 Å². The minimum absolute atomic E-state index is 0.0668. The molecule has 1 aliphatic rings. The third-order valence-electron chi connectivity index (χ3n) is 1.88. The van der Waals surface area contributed by atoms with Crippen molar-refractivity contribution in [2.75, 3.05) is 12.3 Å². The van der Waals surface area contributed by atoms with Gasteiger partial charge in [-0.1, -0.05) is 0 Å². The summed E-state index contributed by atoms with van der Waals surface area (Å²) in [5.41, 5.74) is 0. The van der Waals surface area contributed by atoms with E-state index in [-0.39, 0.29) is 21.4 Å². The average molecular weight is 379 g/mol. The van der Waals surface area contributed by atoms with Gasteiger partial charge >= 0.3 is 0 Å². The minimum Gasteiger partial charge on any atom is -0.224 e. The molecular formula is C6H6INO4S3. The number of halogens is 1. The molecule has 9 heteroatoms. The first-order valence-corrected chi connectivity index (χ1v) is 8.88. The first-order chi connectivity index (χ1) is 6.83. The number of thiophene rings is 1. The van der Waals surface area contributed by atoms with Crippen LogP contribution < -0.4 is 4.72 Å². The molecule has 0 unspecified atom stereocenters. The second-order valence-electron chi connectivity index (χ2n) is 2.92. The van der Waals surface area contributed by atoms with E-state index in [1.165, 1.54) is 6.07 Å². The van der Waals surface area contributed by atoms with Crippen molar-refractivity contribution >= 4 is 53.8 Å². The summed E-state index contributed by atoms with van der Waals surface area (Å²) >= 11 is 2.88. The van der Waals surface area contributed by atoms with Gasteiger partial charge in [0.1, 0.15) is 0 Å². The van der Waals surface area contributed by atoms with Crippen molar-refractivity contribution < 1.29 is 16.8 Å². The third kappa shape index (κ3) is 2.07. The van der Waals surface area contributed by atoms with Crippen molar-refractivity contribution in [3.63, 3.8) is 0 Å². The van der Waals surface area contributed by atoms with Gasteiger partial charge < -0.3 is 0 Å². The first-order valence-electron chi connectivity index (χ1n) is 3.85. The summed E-state index contributed by atoms with van der Waals surface area (Å²) in [4.78, 5) is -0.0677. The molecule has 0 aliphatic carbocycles. The highest BCUT2D eigenvalue weighted by atomic mass is 127. The molecular weight excluding hydrogens is 373 g/mol. The highest BCUT2D eigenvalue weighted by Crippen LogP contribution is 2.33. The predicted molar refractivity (Wildman–Crippen MR) is 64.3 cm³/mol. The van der Waals surface area contributed by atoms with Crippen LogP contribution in [0.2, 0.25) is 0 Å². The zero-order chi connectivity index (χ0) is 11.3. The van der Waals surface area contributed by atoms with Gasteiger partial charge in [-0.15, -0.1) is 11.3 Å². The fourth-order valence-electron chi connectivity index (χ4n) is 1.22. The van der Waals surface area contributed by atoms with Crippen LogP contribution in [0.3, 0.4) is 0 Å². The molecule has 1 aromatic heterocycles. The fraction of sp³-hybridized carbons (Fsp3) is 0.333. The molecule has 0 amide bonds. The largest absolute Gasteiger partial charge is 0.251 e. The van der Waals surface area contributed by atoms with Crippen molar-refractivity contribution in [2.24, 2.45) is 0 Å². The summed E-state index contributed by atoms with van der Waals surface area (Å²) < 4.78 is 49.4. The van der Waals surface area contributed by atoms with Crippen LogP contribution in [0.1, 0.15) is 0 Å². The van der Waals surface area contributed by atoms with Crippen LogP contribution in [0.5, 0.6) is 0 Å². The lowest BCUT2D eigenvalue weighted by molar-refractivity contribution is 0.585. The molecule has 0 saturated carbocycles. The SMILES string of the molecule is O=S1(=O)CCNS(=O)(=O)c2sc(I)cc21. The van der Waals surface area contributed by atoms with E-state index in [4.69, 9.17) is 0 Å². The number of rotatable bonds is 0. The van der Waals surface area contributed by atoms with Crippen molar-refractivity contribution in [3.8, 4) is 0 Å². The van der Waals surface area contributed by atoms with Gasteiger partial charge in [-0.3, -0.25) is 0 Å². The zero-order valence-electron chi connectivity index (χ0n) is 7.23. The Morgan fingerprint density at radius 3 is 2.67 bits per heavy atom. The number of nitrogens with one attached hydrogen (secondary N) is 1. The maximum absolute atomic E-state index is 11.7. The number of sulfonamides is 1. The minimum atomic E-state index is -3.64. The van der Waals surface area contributed by atoms with E-state index in [1.54, 1.807) is 0 Å². The Labute approximate surface area is 105 Å². The van der Waals surface area contributed by atoms with Gasteiger partial charge in [0.15, 0.2) is 14.0 Å². The topological polar surface area (TPSA) is 80.3 Å². The molecule has 5 nitrogen and oxygen atoms in total. The lowest BCUT2D eigenvalue weighted by Gasteiger charge is -1.97. The monoisotopic (exact) mass is 379 g/mol. The van der Waals surface area contributed by atoms with Gasteiger partial charge in [0, 0.05) is 6.54 Å². The van der Waals surface area contributed by atoms with E-state index in [2.05, 4.69) is 4.72 Å². The Kier molecular flexibility index (Phi) is 2.86. The van der Waals surface area contributed by atoms with Gasteiger partial charge in [-0.25, -0.2) is 21.6 Å². The van der Waals surface area contributed by atoms with Crippen molar-refractivity contribution in [3.05, 3.63) is 8.95 Å². The quantitative estimate of drug-likeness (QED) is 0.663. The maximum atomic E-state index is 11.7. The molecule has 1 aliphatic heterocycles. The second kappa shape index (κ2) is 3.65. The van der Waals surface area contributed by atoms with Gasteiger partial charge in [-0.2, -0.15) is 0 Å². The maximum Gasteiger partial charge on any atom is 0.251 e. The smallest absolute Gasteiger partial charge is 0.224 e. The zero-order valence-corrected chi connectivity index (χ0v) is 11.8. The van der Waals surface area contributed by atoms with Crippen LogP contribution in [0.4, 0.5) is 0 Å². The van der Waals surface area contributed by atoms with Crippen molar-refractivity contribution in [1.82, 2.24) is 4.72 Å². The molecule has 0 spiro atoms. The van der Waals surface area contributed by atoms with Crippen LogP contribution in [0, 0.1) is 2.88 Å². The van der Waals surface area contributed by atoms with E-state index in [9.17, 15) is 16.8 Å². The molecule has 1 N–H and O–H groups in total. The summed E-state index contributed by atoms with van der Waals surface area (Å²) in [6.45, 7) is -0.0668. The standard InChI is InChI=1S/C6H6INO4S3/c7-5-3-4-6(13-5)15(11,12)8-1-2-14(4,9)10/h3,8H,1-2H2. The van der Waals surface area contributed by atoms with Crippen LogP contribution >= 0.6 is 33.9 Å². The molecule has 0 fully saturated rings. The van der Waals surface area contributed by atoms with Gasteiger partial charge in [0.2, 0.25) is 0 Å². The highest BCUT2D eigenvalue weighted by Gasteiger charge is 2.32. The van der Waals surface area contributed by atoms with Crippen molar-refractivity contribution in [1.29, 1.82) is 0 Å². The predicted octanol–water partition coefficient (Wildman–Crippen LogP) is 0.418. The molecule has 84 valence electrons. The summed E-state index contributed by atoms with van der Waals surface area (Å²) in [5.74, 6) is -0.188. The van der Waals surface area contributed by atoms with Gasteiger partial charge in [0.25, 0.3) is 10.0 Å². The van der Waals surface area contributed by atoms with Crippen LogP contribution in [0.15, 0.2) is 15.2 Å². The molecule has 1 aromatic rings. The number of fused-ring (bicyclic) bond motifs is 1. The van der Waals surface area contributed by atoms with Gasteiger partial charge in [-0.05, 0) is 28.7 Å². The molecule has 0 aromatic carbocycles. The molecule has 0 bridgehead atoms. The Hall–Kier alpha value is 0.290. The van der Waals surface area contributed by atoms with Gasteiger partial charge in [0.05, 0.1) is 13.5 Å². The summed E-state index contributed by atoms with van der Waals surface area (Å²) in [6.07, 6.45) is 0. The Balaban J connectivity index is 2.83.